The van der Waals surface area contributed by atoms with Gasteiger partial charge in [-0.3, -0.25) is 0 Å². The normalized spacial score (nSPS) is 20.8. The maximum absolute atomic E-state index is 4.41. The van der Waals surface area contributed by atoms with E-state index in [-0.39, 0.29) is 0 Å². The van der Waals surface area contributed by atoms with E-state index >= 15 is 0 Å². The van der Waals surface area contributed by atoms with Crippen LogP contribution in [0.15, 0.2) is 12.4 Å². The number of hydrogen-bond acceptors (Lipinski definition) is 3. The third kappa shape index (κ3) is 2.86. The first-order valence-corrected chi connectivity index (χ1v) is 7.31. The molecule has 0 aromatic carbocycles. The number of nitrogens with one attached hydrogen (secondary N) is 1. The fourth-order valence-corrected chi connectivity index (χ4v) is 2.83. The highest BCUT2D eigenvalue weighted by Gasteiger charge is 2.23. The quantitative estimate of drug-likeness (QED) is 0.839. The summed E-state index contributed by atoms with van der Waals surface area (Å²) in [5.74, 6) is 1.05. The van der Waals surface area contributed by atoms with E-state index in [2.05, 4.69) is 33.0 Å². The summed E-state index contributed by atoms with van der Waals surface area (Å²) in [5, 5.41) is 3.49. The molecule has 3 rings (SSSR count). The van der Waals surface area contributed by atoms with Crippen molar-refractivity contribution in [3.63, 3.8) is 0 Å². The number of aromatic nitrogens is 2. The third-order valence-corrected chi connectivity index (χ3v) is 4.27. The van der Waals surface area contributed by atoms with Gasteiger partial charge in [0.2, 0.25) is 5.95 Å². The highest BCUT2D eigenvalue weighted by molar-refractivity contribution is 5.29. The van der Waals surface area contributed by atoms with Gasteiger partial charge in [-0.2, -0.15) is 0 Å². The Hall–Kier alpha value is -1.03. The Morgan fingerprint density at radius 1 is 1.33 bits per heavy atom. The van der Waals surface area contributed by atoms with Crippen molar-refractivity contribution >= 4 is 5.95 Å². The van der Waals surface area contributed by atoms with Crippen LogP contribution in [0.2, 0.25) is 0 Å². The summed E-state index contributed by atoms with van der Waals surface area (Å²) in [6.45, 7) is 2.17. The Bertz CT molecular complexity index is 377. The van der Waals surface area contributed by atoms with Crippen LogP contribution in [0.5, 0.6) is 0 Å². The van der Waals surface area contributed by atoms with Gasteiger partial charge in [-0.15, -0.1) is 0 Å². The van der Waals surface area contributed by atoms with Gasteiger partial charge in [-0.25, -0.2) is 4.98 Å². The molecule has 1 heterocycles. The second-order valence-electron chi connectivity index (χ2n) is 5.78. The molecule has 0 saturated heterocycles. The monoisotopic (exact) mass is 248 g/mol. The van der Waals surface area contributed by atoms with E-state index in [1.165, 1.54) is 38.5 Å². The maximum atomic E-state index is 4.41. The summed E-state index contributed by atoms with van der Waals surface area (Å²) in [6, 6.07) is 1.49. The number of rotatable bonds is 6. The molecular formula is C14H24N4. The van der Waals surface area contributed by atoms with Crippen molar-refractivity contribution in [3.8, 4) is 0 Å². The fraction of sp³-hybridized carbons (Fsp3) is 0.786. The van der Waals surface area contributed by atoms with Gasteiger partial charge in [0.15, 0.2) is 0 Å². The molecule has 2 saturated carbocycles. The second kappa shape index (κ2) is 5.31. The van der Waals surface area contributed by atoms with Crippen LogP contribution >= 0.6 is 0 Å². The molecule has 0 bridgehead atoms. The molecule has 1 aromatic rings. The Labute approximate surface area is 109 Å². The molecule has 0 unspecified atom stereocenters. The van der Waals surface area contributed by atoms with E-state index in [9.17, 15) is 0 Å². The molecule has 100 valence electrons. The van der Waals surface area contributed by atoms with Gasteiger partial charge in [0.25, 0.3) is 0 Å². The minimum atomic E-state index is 0.679. The van der Waals surface area contributed by atoms with E-state index in [1.807, 2.05) is 6.20 Å². The number of anilines is 1. The lowest BCUT2D eigenvalue weighted by molar-refractivity contribution is 0.237. The fourth-order valence-electron chi connectivity index (χ4n) is 2.83. The molecule has 2 aliphatic rings. The van der Waals surface area contributed by atoms with Crippen molar-refractivity contribution in [2.24, 2.45) is 0 Å². The minimum Gasteiger partial charge on any atom is -0.353 e. The summed E-state index contributed by atoms with van der Waals surface area (Å²) in [4.78, 5) is 6.93. The SMILES string of the molecule is CN(CCn1ccnc1NC1CC1)C1CCCC1. The molecule has 0 spiro atoms. The van der Waals surface area contributed by atoms with Crippen LogP contribution in [0.3, 0.4) is 0 Å². The summed E-state index contributed by atoms with van der Waals surface area (Å²) < 4.78 is 2.25. The standard InChI is InChI=1S/C14H24N4/c1-17(13-4-2-3-5-13)10-11-18-9-8-15-14(18)16-12-6-7-12/h8-9,12-13H,2-7,10-11H2,1H3,(H,15,16). The van der Waals surface area contributed by atoms with Crippen LogP contribution in [0.25, 0.3) is 0 Å². The number of likely N-dealkylation sites (N-methyl/N-ethyl adjacent to an activating group) is 1. The van der Waals surface area contributed by atoms with Crippen LogP contribution in [0.1, 0.15) is 38.5 Å². The molecule has 1 aromatic heterocycles. The van der Waals surface area contributed by atoms with Crippen LogP contribution < -0.4 is 5.32 Å². The first kappa shape index (κ1) is 12.0. The first-order chi connectivity index (χ1) is 8.83. The highest BCUT2D eigenvalue weighted by atomic mass is 15.2. The van der Waals surface area contributed by atoms with Crippen molar-refractivity contribution in [2.45, 2.75) is 57.2 Å². The predicted octanol–water partition coefficient (Wildman–Crippen LogP) is 2.33. The van der Waals surface area contributed by atoms with Crippen molar-refractivity contribution in [2.75, 3.05) is 18.9 Å². The maximum Gasteiger partial charge on any atom is 0.203 e. The molecule has 18 heavy (non-hydrogen) atoms. The van der Waals surface area contributed by atoms with Crippen LogP contribution in [-0.2, 0) is 6.54 Å². The lowest BCUT2D eigenvalue weighted by Crippen LogP contribution is -2.32. The molecule has 0 radical (unpaired) electrons. The molecule has 0 atom stereocenters. The first-order valence-electron chi connectivity index (χ1n) is 7.31. The van der Waals surface area contributed by atoms with E-state index in [4.69, 9.17) is 0 Å². The van der Waals surface area contributed by atoms with Gasteiger partial charge < -0.3 is 14.8 Å². The van der Waals surface area contributed by atoms with Crippen molar-refractivity contribution in [1.29, 1.82) is 0 Å². The highest BCUT2D eigenvalue weighted by Crippen LogP contribution is 2.24. The Kier molecular flexibility index (Phi) is 3.55. The summed E-state index contributed by atoms with van der Waals surface area (Å²) in [5.41, 5.74) is 0. The smallest absolute Gasteiger partial charge is 0.203 e. The van der Waals surface area contributed by atoms with Crippen molar-refractivity contribution in [1.82, 2.24) is 14.5 Å². The minimum absolute atomic E-state index is 0.679. The summed E-state index contributed by atoms with van der Waals surface area (Å²) in [7, 11) is 2.26. The molecule has 2 aliphatic carbocycles. The molecule has 2 fully saturated rings. The Morgan fingerprint density at radius 3 is 2.83 bits per heavy atom. The Balaban J connectivity index is 1.50. The van der Waals surface area contributed by atoms with E-state index in [0.717, 1.165) is 25.1 Å². The van der Waals surface area contributed by atoms with Gasteiger partial charge in [0.05, 0.1) is 0 Å². The van der Waals surface area contributed by atoms with Gasteiger partial charge in [0, 0.05) is 37.6 Å². The lowest BCUT2D eigenvalue weighted by Gasteiger charge is -2.24. The zero-order valence-electron chi connectivity index (χ0n) is 11.3. The zero-order chi connectivity index (χ0) is 12.4. The zero-order valence-corrected chi connectivity index (χ0v) is 11.3. The Morgan fingerprint density at radius 2 is 2.11 bits per heavy atom. The summed E-state index contributed by atoms with van der Waals surface area (Å²) >= 11 is 0. The average molecular weight is 248 g/mol. The van der Waals surface area contributed by atoms with Crippen molar-refractivity contribution in [3.05, 3.63) is 12.4 Å². The molecular weight excluding hydrogens is 224 g/mol. The van der Waals surface area contributed by atoms with E-state index in [1.54, 1.807) is 0 Å². The predicted molar refractivity (Wildman–Crippen MR) is 73.8 cm³/mol. The third-order valence-electron chi connectivity index (χ3n) is 4.27. The van der Waals surface area contributed by atoms with E-state index < -0.39 is 0 Å². The van der Waals surface area contributed by atoms with Crippen LogP contribution in [-0.4, -0.2) is 40.1 Å². The number of nitrogens with zero attached hydrogens (tertiary/aromatic N) is 3. The number of hydrogen-bond donors (Lipinski definition) is 1. The average Bonchev–Trinajstić information content (AvgIpc) is 2.88. The van der Waals surface area contributed by atoms with E-state index in [0.29, 0.717) is 6.04 Å². The molecule has 4 heteroatoms. The summed E-state index contributed by atoms with van der Waals surface area (Å²) in [6.07, 6.45) is 12.2. The van der Waals surface area contributed by atoms with Crippen molar-refractivity contribution < 1.29 is 0 Å². The molecule has 0 aliphatic heterocycles. The molecule has 1 N–H and O–H groups in total. The molecule has 0 amide bonds. The topological polar surface area (TPSA) is 33.1 Å². The van der Waals surface area contributed by atoms with Gasteiger partial charge in [-0.1, -0.05) is 12.8 Å². The van der Waals surface area contributed by atoms with Crippen LogP contribution in [0, 0.1) is 0 Å². The molecule has 4 nitrogen and oxygen atoms in total. The van der Waals surface area contributed by atoms with Gasteiger partial charge >= 0.3 is 0 Å². The lowest BCUT2D eigenvalue weighted by atomic mass is 10.2. The second-order valence-corrected chi connectivity index (χ2v) is 5.78. The van der Waals surface area contributed by atoms with Gasteiger partial charge in [-0.05, 0) is 32.7 Å². The largest absolute Gasteiger partial charge is 0.353 e. The van der Waals surface area contributed by atoms with Crippen LogP contribution in [0.4, 0.5) is 5.95 Å². The van der Waals surface area contributed by atoms with Gasteiger partial charge in [0.1, 0.15) is 0 Å². The number of imidazole rings is 1.